The lowest BCUT2D eigenvalue weighted by molar-refractivity contribution is 0.00582. The molecular formula is C30H38N6O3. The van der Waals surface area contributed by atoms with E-state index in [9.17, 15) is 4.79 Å². The molecule has 0 saturated carbocycles. The van der Waals surface area contributed by atoms with Crippen LogP contribution in [0.25, 0.3) is 22.4 Å². The molecule has 3 aliphatic rings. The third kappa shape index (κ3) is 5.06. The molecule has 206 valence electrons. The Morgan fingerprint density at radius 1 is 1.05 bits per heavy atom. The van der Waals surface area contributed by atoms with Gasteiger partial charge in [0.2, 0.25) is 0 Å². The van der Waals surface area contributed by atoms with Crippen LogP contribution in [0.5, 0.6) is 5.75 Å². The largest absolute Gasteiger partial charge is 0.489 e. The highest BCUT2D eigenvalue weighted by Crippen LogP contribution is 2.42. The van der Waals surface area contributed by atoms with Gasteiger partial charge in [0.25, 0.3) is 0 Å². The Hall–Kier alpha value is -3.62. The van der Waals surface area contributed by atoms with Gasteiger partial charge in [0.05, 0.1) is 18.5 Å². The van der Waals surface area contributed by atoms with Crippen LogP contribution < -0.4 is 9.64 Å². The SMILES string of the molecule is Cc1cc(-c2cnn(C)c2)ccc1-c1cc2c(nn1)N([C@@H]1C[C@H]3CC[C@@H](C1)N3C(=O)OC(C)(C)C)CCCO2. The van der Waals surface area contributed by atoms with Crippen LogP contribution in [0.4, 0.5) is 10.6 Å². The zero-order chi connectivity index (χ0) is 27.3. The average Bonchev–Trinajstić information content (AvgIpc) is 3.34. The topological polar surface area (TPSA) is 85.6 Å². The molecule has 1 amide bonds. The molecule has 1 aromatic carbocycles. The van der Waals surface area contributed by atoms with Gasteiger partial charge >= 0.3 is 6.09 Å². The summed E-state index contributed by atoms with van der Waals surface area (Å²) in [6.45, 7) is 9.41. The Kier molecular flexibility index (Phi) is 6.47. The number of hydrogen-bond acceptors (Lipinski definition) is 7. The number of fused-ring (bicyclic) bond motifs is 3. The van der Waals surface area contributed by atoms with E-state index in [1.54, 1.807) is 0 Å². The van der Waals surface area contributed by atoms with Gasteiger partial charge in [-0.1, -0.05) is 18.2 Å². The normalized spacial score (nSPS) is 22.7. The molecule has 0 aliphatic carbocycles. The van der Waals surface area contributed by atoms with E-state index >= 15 is 0 Å². The molecule has 39 heavy (non-hydrogen) atoms. The van der Waals surface area contributed by atoms with Gasteiger partial charge in [0.1, 0.15) is 5.60 Å². The van der Waals surface area contributed by atoms with Gasteiger partial charge in [-0.15, -0.1) is 10.2 Å². The van der Waals surface area contributed by atoms with Crippen molar-refractivity contribution in [3.63, 3.8) is 0 Å². The number of aryl methyl sites for hydroxylation is 2. The summed E-state index contributed by atoms with van der Waals surface area (Å²) in [6, 6.07) is 9.11. The van der Waals surface area contributed by atoms with E-state index < -0.39 is 5.60 Å². The molecule has 3 aromatic rings. The predicted molar refractivity (Wildman–Crippen MR) is 150 cm³/mol. The summed E-state index contributed by atoms with van der Waals surface area (Å²) < 4.78 is 13.8. The zero-order valence-electron chi connectivity index (χ0n) is 23.6. The molecule has 9 nitrogen and oxygen atoms in total. The van der Waals surface area contributed by atoms with E-state index in [2.05, 4.69) is 40.2 Å². The maximum atomic E-state index is 13.0. The van der Waals surface area contributed by atoms with Crippen molar-refractivity contribution in [2.24, 2.45) is 7.05 Å². The summed E-state index contributed by atoms with van der Waals surface area (Å²) >= 11 is 0. The minimum absolute atomic E-state index is 0.178. The van der Waals surface area contributed by atoms with E-state index in [1.165, 1.54) is 0 Å². The monoisotopic (exact) mass is 530 g/mol. The number of hydrogen-bond donors (Lipinski definition) is 0. The fraction of sp³-hybridized carbons (Fsp3) is 0.533. The van der Waals surface area contributed by atoms with Crippen molar-refractivity contribution in [3.8, 4) is 28.1 Å². The van der Waals surface area contributed by atoms with Gasteiger partial charge < -0.3 is 19.3 Å². The number of piperidine rings is 1. The number of carbonyl (C=O) groups excluding carboxylic acids is 1. The summed E-state index contributed by atoms with van der Waals surface area (Å²) in [5.74, 6) is 1.60. The highest BCUT2D eigenvalue weighted by Gasteiger charge is 2.46. The maximum absolute atomic E-state index is 13.0. The Labute approximate surface area is 230 Å². The van der Waals surface area contributed by atoms with Gasteiger partial charge in [-0.2, -0.15) is 5.10 Å². The number of benzene rings is 1. The third-order valence-corrected chi connectivity index (χ3v) is 8.11. The summed E-state index contributed by atoms with van der Waals surface area (Å²) in [4.78, 5) is 17.3. The first-order valence-electron chi connectivity index (χ1n) is 14.0. The predicted octanol–water partition coefficient (Wildman–Crippen LogP) is 5.37. The molecule has 2 bridgehead atoms. The van der Waals surface area contributed by atoms with E-state index in [0.717, 1.165) is 78.2 Å². The third-order valence-electron chi connectivity index (χ3n) is 8.11. The highest BCUT2D eigenvalue weighted by molar-refractivity contribution is 5.73. The Balaban J connectivity index is 1.23. The Morgan fingerprint density at radius 2 is 1.82 bits per heavy atom. The molecule has 3 aliphatic heterocycles. The van der Waals surface area contributed by atoms with Gasteiger partial charge in [-0.25, -0.2) is 4.79 Å². The molecule has 6 rings (SSSR count). The van der Waals surface area contributed by atoms with Crippen LogP contribution in [0.2, 0.25) is 0 Å². The van der Waals surface area contributed by atoms with Gasteiger partial charge in [0.15, 0.2) is 11.6 Å². The lowest BCUT2D eigenvalue weighted by Crippen LogP contribution is -2.54. The van der Waals surface area contributed by atoms with Crippen molar-refractivity contribution in [1.29, 1.82) is 0 Å². The van der Waals surface area contributed by atoms with Crippen LogP contribution in [0, 0.1) is 6.92 Å². The summed E-state index contributed by atoms with van der Waals surface area (Å²) in [5, 5.41) is 13.7. The van der Waals surface area contributed by atoms with Crippen molar-refractivity contribution in [3.05, 3.63) is 42.2 Å². The van der Waals surface area contributed by atoms with Gasteiger partial charge in [0, 0.05) is 55.1 Å². The van der Waals surface area contributed by atoms with Crippen LogP contribution in [-0.4, -0.2) is 67.8 Å². The van der Waals surface area contributed by atoms with E-state index in [-0.39, 0.29) is 18.2 Å². The molecule has 0 unspecified atom stereocenters. The first-order chi connectivity index (χ1) is 18.7. The standard InChI is InChI=1S/C30H38N6O3/c1-19-13-20(21-17-31-34(5)18-21)7-10-25(19)26-16-27-28(33-32-26)35(11-6-12-38-27)24-14-22-8-9-23(15-24)36(22)29(37)39-30(2,3)4/h7,10,13,16-18,22-24H,6,8-9,11-12,14-15H2,1-5H3/t22-,23+,24-. The average molecular weight is 531 g/mol. The number of nitrogens with zero attached hydrogens (tertiary/aromatic N) is 6. The minimum Gasteiger partial charge on any atom is -0.489 e. The molecule has 2 fully saturated rings. The number of amides is 1. The lowest BCUT2D eigenvalue weighted by atomic mass is 9.95. The summed E-state index contributed by atoms with van der Waals surface area (Å²) in [6.07, 6.45) is 8.51. The molecule has 2 saturated heterocycles. The van der Waals surface area contributed by atoms with E-state index in [4.69, 9.17) is 14.6 Å². The zero-order valence-corrected chi connectivity index (χ0v) is 23.6. The number of ether oxygens (including phenoxy) is 2. The number of carbonyl (C=O) groups is 1. The van der Waals surface area contributed by atoms with Crippen LogP contribution in [0.15, 0.2) is 36.7 Å². The lowest BCUT2D eigenvalue weighted by Gasteiger charge is -2.43. The fourth-order valence-corrected chi connectivity index (χ4v) is 6.40. The highest BCUT2D eigenvalue weighted by atomic mass is 16.6. The van der Waals surface area contributed by atoms with Crippen LogP contribution in [0.1, 0.15) is 58.4 Å². The van der Waals surface area contributed by atoms with E-state index in [0.29, 0.717) is 12.6 Å². The minimum atomic E-state index is -0.487. The van der Waals surface area contributed by atoms with Crippen molar-refractivity contribution in [2.45, 2.75) is 83.5 Å². The number of rotatable bonds is 3. The second kappa shape index (κ2) is 9.84. The first-order valence-corrected chi connectivity index (χ1v) is 14.0. The number of aromatic nitrogens is 4. The Bertz CT molecular complexity index is 1370. The molecular weight excluding hydrogens is 492 g/mol. The van der Waals surface area contributed by atoms with E-state index in [1.807, 2.05) is 55.9 Å². The van der Waals surface area contributed by atoms with Crippen molar-refractivity contribution >= 4 is 11.9 Å². The summed E-state index contributed by atoms with van der Waals surface area (Å²) in [7, 11) is 1.93. The van der Waals surface area contributed by atoms with Crippen LogP contribution in [-0.2, 0) is 11.8 Å². The molecule has 0 spiro atoms. The maximum Gasteiger partial charge on any atom is 0.410 e. The van der Waals surface area contributed by atoms with Gasteiger partial charge in [-0.3, -0.25) is 4.68 Å². The second-order valence-corrected chi connectivity index (χ2v) is 12.1. The van der Waals surface area contributed by atoms with Crippen molar-refractivity contribution in [1.82, 2.24) is 24.9 Å². The van der Waals surface area contributed by atoms with Gasteiger partial charge in [-0.05, 0) is 70.9 Å². The van der Waals surface area contributed by atoms with Crippen LogP contribution in [0.3, 0.4) is 0 Å². The summed E-state index contributed by atoms with van der Waals surface area (Å²) in [5.41, 5.74) is 4.71. The molecule has 0 radical (unpaired) electrons. The van der Waals surface area contributed by atoms with Crippen LogP contribution >= 0.6 is 0 Å². The Morgan fingerprint density at radius 3 is 2.49 bits per heavy atom. The smallest absolute Gasteiger partial charge is 0.410 e. The second-order valence-electron chi connectivity index (χ2n) is 12.1. The molecule has 0 N–H and O–H groups in total. The number of anilines is 1. The van der Waals surface area contributed by atoms with Crippen molar-refractivity contribution < 1.29 is 14.3 Å². The fourth-order valence-electron chi connectivity index (χ4n) is 6.40. The molecule has 9 heteroatoms. The molecule has 2 aromatic heterocycles. The molecule has 3 atom stereocenters. The first kappa shape index (κ1) is 25.6. The quantitative estimate of drug-likeness (QED) is 0.450. The molecule has 5 heterocycles. The van der Waals surface area contributed by atoms with Crippen molar-refractivity contribution in [2.75, 3.05) is 18.1 Å².